The number of carbonyl (C=O) groups excluding carboxylic acids is 1. The highest BCUT2D eigenvalue weighted by Crippen LogP contribution is 2.30. The summed E-state index contributed by atoms with van der Waals surface area (Å²) < 4.78 is 13.2. The maximum Gasteiger partial charge on any atom is 0.269 e. The number of nitrogens with zero attached hydrogens (tertiary/aromatic N) is 1. The summed E-state index contributed by atoms with van der Waals surface area (Å²) >= 11 is 13.0. The molecule has 0 saturated heterocycles. The van der Waals surface area contributed by atoms with Crippen molar-refractivity contribution in [3.8, 4) is 0 Å². The minimum absolute atomic E-state index is 0.0446. The van der Waals surface area contributed by atoms with Crippen LogP contribution < -0.4 is 16.4 Å². The zero-order valence-corrected chi connectivity index (χ0v) is 16.5. The van der Waals surface area contributed by atoms with E-state index in [0.717, 1.165) is 22.5 Å². The Morgan fingerprint density at radius 3 is 2.74 bits per heavy atom. The number of nitrogens with two attached hydrogens (primary N) is 1. The van der Waals surface area contributed by atoms with Crippen molar-refractivity contribution in [3.05, 3.63) is 68.3 Å². The second-order valence-electron chi connectivity index (χ2n) is 5.72. The first-order valence-electron chi connectivity index (χ1n) is 7.85. The van der Waals surface area contributed by atoms with E-state index in [4.69, 9.17) is 28.9 Å². The third-order valence-corrected chi connectivity index (χ3v) is 5.38. The molecule has 0 aliphatic heterocycles. The van der Waals surface area contributed by atoms with E-state index < -0.39 is 5.82 Å². The third kappa shape index (κ3) is 4.50. The van der Waals surface area contributed by atoms with E-state index in [-0.39, 0.29) is 21.6 Å². The molecule has 9 heteroatoms. The summed E-state index contributed by atoms with van der Waals surface area (Å²) in [5.74, 6) is -0.756. The predicted molar refractivity (Wildman–Crippen MR) is 109 cm³/mol. The van der Waals surface area contributed by atoms with E-state index in [1.54, 1.807) is 18.2 Å². The Labute approximate surface area is 169 Å². The molecule has 4 N–H and O–H groups in total. The zero-order chi connectivity index (χ0) is 19.6. The Balaban J connectivity index is 1.72. The number of aromatic nitrogens is 1. The fourth-order valence-electron chi connectivity index (χ4n) is 2.36. The van der Waals surface area contributed by atoms with Gasteiger partial charge >= 0.3 is 0 Å². The lowest BCUT2D eigenvalue weighted by Gasteiger charge is -2.09. The van der Waals surface area contributed by atoms with Crippen molar-refractivity contribution in [2.45, 2.75) is 13.5 Å². The van der Waals surface area contributed by atoms with Gasteiger partial charge < -0.3 is 16.4 Å². The van der Waals surface area contributed by atoms with Crippen molar-refractivity contribution in [3.63, 3.8) is 0 Å². The average Bonchev–Trinajstić information content (AvgIpc) is 3.00. The number of hydrogen-bond donors (Lipinski definition) is 3. The van der Waals surface area contributed by atoms with Gasteiger partial charge in [0.15, 0.2) is 5.13 Å². The van der Waals surface area contributed by atoms with Gasteiger partial charge in [-0.3, -0.25) is 4.79 Å². The number of amides is 1. The van der Waals surface area contributed by atoms with E-state index >= 15 is 0 Å². The maximum absolute atomic E-state index is 13.2. The topological polar surface area (TPSA) is 80.0 Å². The highest BCUT2D eigenvalue weighted by atomic mass is 35.5. The first-order chi connectivity index (χ1) is 12.8. The molecule has 3 rings (SSSR count). The van der Waals surface area contributed by atoms with Gasteiger partial charge in [-0.05, 0) is 36.2 Å². The zero-order valence-electron chi connectivity index (χ0n) is 14.1. The second kappa shape index (κ2) is 8.12. The lowest BCUT2D eigenvalue weighted by atomic mass is 10.2. The van der Waals surface area contributed by atoms with E-state index in [9.17, 15) is 9.18 Å². The molecule has 0 saturated carbocycles. The molecule has 0 bridgehead atoms. The Kier molecular flexibility index (Phi) is 5.84. The molecule has 0 unspecified atom stereocenters. The molecule has 3 aromatic rings. The number of para-hydroxylation sites is 1. The molecule has 0 fully saturated rings. The van der Waals surface area contributed by atoms with Crippen molar-refractivity contribution >= 4 is 57.1 Å². The van der Waals surface area contributed by atoms with Crippen LogP contribution >= 0.6 is 34.5 Å². The van der Waals surface area contributed by atoms with Gasteiger partial charge in [0.1, 0.15) is 16.5 Å². The molecule has 1 amide bonds. The van der Waals surface area contributed by atoms with Crippen LogP contribution in [0.4, 0.5) is 21.0 Å². The lowest BCUT2D eigenvalue weighted by molar-refractivity contribution is 0.103. The highest BCUT2D eigenvalue weighted by Gasteiger charge is 2.18. The molecule has 140 valence electrons. The molecule has 5 nitrogen and oxygen atoms in total. The number of rotatable bonds is 5. The number of hydrogen-bond acceptors (Lipinski definition) is 5. The van der Waals surface area contributed by atoms with Crippen molar-refractivity contribution in [1.82, 2.24) is 4.98 Å². The number of halogens is 3. The standard InChI is InChI=1S/C18H15Cl2FN4OS/c1-9-3-2-4-11(19)14(9)24-17(26)15-16(22)25-18(27-15)23-8-10-5-6-13(21)12(20)7-10/h2-7H,8,22H2,1H3,(H,23,25)(H,24,26). The first-order valence-corrected chi connectivity index (χ1v) is 9.43. The Morgan fingerprint density at radius 2 is 2.04 bits per heavy atom. The van der Waals surface area contributed by atoms with Crippen LogP contribution in [0.2, 0.25) is 10.0 Å². The first kappa shape index (κ1) is 19.4. The molecule has 0 radical (unpaired) electrons. The van der Waals surface area contributed by atoms with Crippen LogP contribution in [-0.4, -0.2) is 10.9 Å². The highest BCUT2D eigenvalue weighted by molar-refractivity contribution is 7.18. The normalized spacial score (nSPS) is 10.7. The molecule has 0 aliphatic rings. The number of nitrogen functional groups attached to an aromatic ring is 1. The van der Waals surface area contributed by atoms with Crippen LogP contribution in [0.3, 0.4) is 0 Å². The molecule has 0 atom stereocenters. The van der Waals surface area contributed by atoms with Gasteiger partial charge in [-0.1, -0.05) is 52.7 Å². The summed E-state index contributed by atoms with van der Waals surface area (Å²) in [6.45, 7) is 2.20. The predicted octanol–water partition coefficient (Wildman–Crippen LogP) is 5.34. The molecule has 2 aromatic carbocycles. The van der Waals surface area contributed by atoms with Gasteiger partial charge in [-0.15, -0.1) is 0 Å². The van der Waals surface area contributed by atoms with E-state index in [1.165, 1.54) is 12.1 Å². The minimum Gasteiger partial charge on any atom is -0.382 e. The van der Waals surface area contributed by atoms with Crippen LogP contribution in [0.5, 0.6) is 0 Å². The van der Waals surface area contributed by atoms with Gasteiger partial charge in [0, 0.05) is 6.54 Å². The van der Waals surface area contributed by atoms with Crippen LogP contribution in [0.15, 0.2) is 36.4 Å². The van der Waals surface area contributed by atoms with Crippen LogP contribution in [0.25, 0.3) is 0 Å². The molecular formula is C18H15Cl2FN4OS. The van der Waals surface area contributed by atoms with E-state index in [0.29, 0.717) is 22.4 Å². The quantitative estimate of drug-likeness (QED) is 0.515. The van der Waals surface area contributed by atoms with E-state index in [2.05, 4.69) is 15.6 Å². The molecule has 0 aliphatic carbocycles. The van der Waals surface area contributed by atoms with Crippen molar-refractivity contribution < 1.29 is 9.18 Å². The molecular weight excluding hydrogens is 410 g/mol. The van der Waals surface area contributed by atoms with E-state index in [1.807, 2.05) is 13.0 Å². The summed E-state index contributed by atoms with van der Waals surface area (Å²) in [5, 5.41) is 6.77. The number of benzene rings is 2. The average molecular weight is 425 g/mol. The fraction of sp³-hybridized carbons (Fsp3) is 0.111. The van der Waals surface area contributed by atoms with Crippen LogP contribution in [-0.2, 0) is 6.54 Å². The number of anilines is 3. The SMILES string of the molecule is Cc1cccc(Cl)c1NC(=O)c1sc(NCc2ccc(F)c(Cl)c2)nc1N. The molecule has 1 heterocycles. The van der Waals surface area contributed by atoms with Crippen LogP contribution in [0, 0.1) is 12.7 Å². The molecule has 27 heavy (non-hydrogen) atoms. The smallest absolute Gasteiger partial charge is 0.269 e. The minimum atomic E-state index is -0.479. The summed E-state index contributed by atoms with van der Waals surface area (Å²) in [4.78, 5) is 17.0. The monoisotopic (exact) mass is 424 g/mol. The number of aryl methyl sites for hydroxylation is 1. The summed E-state index contributed by atoms with van der Waals surface area (Å²) in [5.41, 5.74) is 8.02. The number of nitrogens with one attached hydrogen (secondary N) is 2. The largest absolute Gasteiger partial charge is 0.382 e. The second-order valence-corrected chi connectivity index (χ2v) is 7.53. The Hall–Kier alpha value is -2.35. The van der Waals surface area contributed by atoms with Crippen molar-refractivity contribution in [2.75, 3.05) is 16.4 Å². The third-order valence-electron chi connectivity index (χ3n) is 3.75. The van der Waals surface area contributed by atoms with Gasteiger partial charge in [0.2, 0.25) is 0 Å². The van der Waals surface area contributed by atoms with Crippen LogP contribution in [0.1, 0.15) is 20.8 Å². The summed E-state index contributed by atoms with van der Waals surface area (Å²) in [6, 6.07) is 9.77. The maximum atomic E-state index is 13.2. The molecule has 1 aromatic heterocycles. The van der Waals surface area contributed by atoms with Crippen molar-refractivity contribution in [1.29, 1.82) is 0 Å². The summed E-state index contributed by atoms with van der Waals surface area (Å²) in [6.07, 6.45) is 0. The Bertz CT molecular complexity index is 989. The summed E-state index contributed by atoms with van der Waals surface area (Å²) in [7, 11) is 0. The van der Waals surface area contributed by atoms with Gasteiger partial charge in [-0.2, -0.15) is 0 Å². The fourth-order valence-corrected chi connectivity index (χ4v) is 3.61. The number of carbonyl (C=O) groups is 1. The van der Waals surface area contributed by atoms with Gasteiger partial charge in [0.25, 0.3) is 5.91 Å². The van der Waals surface area contributed by atoms with Gasteiger partial charge in [0.05, 0.1) is 15.7 Å². The Morgan fingerprint density at radius 1 is 1.26 bits per heavy atom. The number of thiazole rings is 1. The lowest BCUT2D eigenvalue weighted by Crippen LogP contribution is -2.13. The van der Waals surface area contributed by atoms with Gasteiger partial charge in [-0.25, -0.2) is 9.37 Å². The molecule has 0 spiro atoms. The van der Waals surface area contributed by atoms with Crippen molar-refractivity contribution in [2.24, 2.45) is 0 Å².